The lowest BCUT2D eigenvalue weighted by Crippen LogP contribution is -2.30. The molecule has 0 aromatic heterocycles. The van der Waals surface area contributed by atoms with Crippen molar-refractivity contribution >= 4 is 17.5 Å². The molecule has 1 N–H and O–H groups in total. The summed E-state index contributed by atoms with van der Waals surface area (Å²) in [5, 5.41) is 2.81. The lowest BCUT2D eigenvalue weighted by atomic mass is 10.0. The van der Waals surface area contributed by atoms with Crippen LogP contribution in [0, 0.1) is 0 Å². The molecule has 2 amide bonds. The summed E-state index contributed by atoms with van der Waals surface area (Å²) in [4.78, 5) is 26.6. The molecule has 3 aromatic rings. The van der Waals surface area contributed by atoms with E-state index in [0.717, 1.165) is 35.2 Å². The quantitative estimate of drug-likeness (QED) is 0.479. The number of para-hydroxylation sites is 1. The molecule has 0 atom stereocenters. The molecule has 31 heavy (non-hydrogen) atoms. The molecule has 0 aliphatic heterocycles. The predicted molar refractivity (Wildman–Crippen MR) is 127 cm³/mol. The molecule has 4 heteroatoms. The zero-order valence-electron chi connectivity index (χ0n) is 18.3. The topological polar surface area (TPSA) is 49.4 Å². The van der Waals surface area contributed by atoms with E-state index in [2.05, 4.69) is 36.5 Å². The number of benzene rings is 3. The van der Waals surface area contributed by atoms with Gasteiger partial charge in [0.2, 0.25) is 5.91 Å². The highest BCUT2D eigenvalue weighted by atomic mass is 16.2. The fourth-order valence-electron chi connectivity index (χ4n) is 3.46. The first-order valence-electron chi connectivity index (χ1n) is 10.9. The molecule has 4 nitrogen and oxygen atoms in total. The van der Waals surface area contributed by atoms with E-state index in [4.69, 9.17) is 0 Å². The largest absolute Gasteiger partial charge is 0.352 e. The Labute approximate surface area is 184 Å². The first kappa shape index (κ1) is 22.3. The van der Waals surface area contributed by atoms with Gasteiger partial charge in [-0.3, -0.25) is 9.59 Å². The third kappa shape index (κ3) is 6.05. The summed E-state index contributed by atoms with van der Waals surface area (Å²) in [5.41, 5.74) is 4.80. The van der Waals surface area contributed by atoms with E-state index >= 15 is 0 Å². The highest BCUT2D eigenvalue weighted by Gasteiger charge is 2.15. The number of carbonyl (C=O) groups is 2. The Morgan fingerprint density at radius 1 is 0.806 bits per heavy atom. The molecule has 0 saturated heterocycles. The molecular formula is C27H30N2O2. The smallest absolute Gasteiger partial charge is 0.251 e. The second-order valence-corrected chi connectivity index (χ2v) is 7.55. The van der Waals surface area contributed by atoms with Gasteiger partial charge in [0.25, 0.3) is 5.91 Å². The van der Waals surface area contributed by atoms with Crippen LogP contribution in [0.15, 0.2) is 78.9 Å². The van der Waals surface area contributed by atoms with Gasteiger partial charge in [-0.15, -0.1) is 0 Å². The highest BCUT2D eigenvalue weighted by molar-refractivity contribution is 5.94. The minimum Gasteiger partial charge on any atom is -0.352 e. The Bertz CT molecular complexity index is 980. The van der Waals surface area contributed by atoms with E-state index in [-0.39, 0.29) is 11.8 Å². The van der Waals surface area contributed by atoms with E-state index in [1.165, 1.54) is 0 Å². The summed E-state index contributed by atoms with van der Waals surface area (Å²) >= 11 is 0. The van der Waals surface area contributed by atoms with Gasteiger partial charge >= 0.3 is 0 Å². The number of rotatable bonds is 9. The molecule has 0 fully saturated rings. The number of nitrogens with one attached hydrogen (secondary N) is 1. The van der Waals surface area contributed by atoms with E-state index in [1.807, 2.05) is 66.4 Å². The van der Waals surface area contributed by atoms with Crippen molar-refractivity contribution in [3.05, 3.63) is 90.0 Å². The molecule has 0 radical (unpaired) electrons. The summed E-state index contributed by atoms with van der Waals surface area (Å²) in [5.74, 6) is 0.0937. The lowest BCUT2D eigenvalue weighted by Gasteiger charge is -2.23. The van der Waals surface area contributed by atoms with Crippen molar-refractivity contribution in [2.45, 2.75) is 39.7 Å². The summed E-state index contributed by atoms with van der Waals surface area (Å²) in [6, 6.07) is 25.7. The van der Waals surface area contributed by atoms with Crippen molar-refractivity contribution < 1.29 is 9.59 Å². The van der Waals surface area contributed by atoms with Gasteiger partial charge in [0.15, 0.2) is 0 Å². The third-order valence-electron chi connectivity index (χ3n) is 5.23. The Hall–Kier alpha value is -3.40. The van der Waals surface area contributed by atoms with Crippen molar-refractivity contribution in [3.8, 4) is 11.1 Å². The maximum absolute atomic E-state index is 12.8. The Balaban J connectivity index is 1.74. The number of hydrogen-bond donors (Lipinski definition) is 1. The Morgan fingerprint density at radius 3 is 2.00 bits per heavy atom. The van der Waals surface area contributed by atoms with E-state index in [0.29, 0.717) is 25.1 Å². The average molecular weight is 415 g/mol. The van der Waals surface area contributed by atoms with Crippen molar-refractivity contribution in [1.29, 1.82) is 0 Å². The first-order chi connectivity index (χ1) is 15.1. The Kier molecular flexibility index (Phi) is 7.99. The van der Waals surface area contributed by atoms with Crippen molar-refractivity contribution in [2.24, 2.45) is 0 Å². The fraction of sp³-hybridized carbons (Fsp3) is 0.259. The van der Waals surface area contributed by atoms with Gasteiger partial charge in [0.1, 0.15) is 0 Å². The second kappa shape index (κ2) is 11.1. The van der Waals surface area contributed by atoms with Crippen LogP contribution in [0.1, 0.15) is 49.0 Å². The maximum atomic E-state index is 12.8. The number of carbonyl (C=O) groups excluding carboxylic acids is 2. The molecule has 160 valence electrons. The van der Waals surface area contributed by atoms with Crippen LogP contribution in [-0.4, -0.2) is 18.4 Å². The molecule has 0 spiro atoms. The van der Waals surface area contributed by atoms with Crippen molar-refractivity contribution in [2.75, 3.05) is 11.4 Å². The summed E-state index contributed by atoms with van der Waals surface area (Å²) in [7, 11) is 0. The van der Waals surface area contributed by atoms with Crippen LogP contribution < -0.4 is 10.2 Å². The van der Waals surface area contributed by atoms with Gasteiger partial charge in [-0.05, 0) is 54.3 Å². The SMILES string of the molecule is CCCCC(=O)N(Cc1ccc(-c2ccc(C(=O)NCC)cc2)cc1)c1ccccc1. The fourth-order valence-corrected chi connectivity index (χ4v) is 3.46. The van der Waals surface area contributed by atoms with E-state index < -0.39 is 0 Å². The van der Waals surface area contributed by atoms with Crippen LogP contribution in [0.2, 0.25) is 0 Å². The molecule has 0 aliphatic carbocycles. The zero-order valence-corrected chi connectivity index (χ0v) is 18.3. The molecule has 0 heterocycles. The van der Waals surface area contributed by atoms with E-state index in [1.54, 1.807) is 0 Å². The third-order valence-corrected chi connectivity index (χ3v) is 5.23. The van der Waals surface area contributed by atoms with Crippen LogP contribution in [0.4, 0.5) is 5.69 Å². The number of hydrogen-bond acceptors (Lipinski definition) is 2. The van der Waals surface area contributed by atoms with Gasteiger partial charge in [0.05, 0.1) is 6.54 Å². The molecule has 0 aliphatic rings. The van der Waals surface area contributed by atoms with Crippen LogP contribution >= 0.6 is 0 Å². The number of anilines is 1. The van der Waals surface area contributed by atoms with Gasteiger partial charge in [0, 0.05) is 24.2 Å². The molecule has 0 unspecified atom stereocenters. The van der Waals surface area contributed by atoms with Gasteiger partial charge in [-0.1, -0.05) is 67.9 Å². The molecule has 0 saturated carbocycles. The predicted octanol–water partition coefficient (Wildman–Crippen LogP) is 5.83. The molecule has 3 rings (SSSR count). The van der Waals surface area contributed by atoms with Crippen LogP contribution in [0.5, 0.6) is 0 Å². The number of unbranched alkanes of at least 4 members (excludes halogenated alkanes) is 1. The van der Waals surface area contributed by atoms with Gasteiger partial charge in [-0.2, -0.15) is 0 Å². The molecular weight excluding hydrogens is 384 g/mol. The minimum atomic E-state index is -0.0573. The molecule has 3 aromatic carbocycles. The van der Waals surface area contributed by atoms with Gasteiger partial charge < -0.3 is 10.2 Å². The normalized spacial score (nSPS) is 10.5. The summed E-state index contributed by atoms with van der Waals surface area (Å²) in [6.07, 6.45) is 2.46. The van der Waals surface area contributed by atoms with Crippen LogP contribution in [0.3, 0.4) is 0 Å². The maximum Gasteiger partial charge on any atom is 0.251 e. The molecule has 0 bridgehead atoms. The first-order valence-corrected chi connectivity index (χ1v) is 10.9. The Morgan fingerprint density at radius 2 is 1.42 bits per heavy atom. The van der Waals surface area contributed by atoms with Crippen molar-refractivity contribution in [3.63, 3.8) is 0 Å². The van der Waals surface area contributed by atoms with Crippen molar-refractivity contribution in [1.82, 2.24) is 5.32 Å². The number of amides is 2. The van der Waals surface area contributed by atoms with Crippen LogP contribution in [0.25, 0.3) is 11.1 Å². The van der Waals surface area contributed by atoms with E-state index in [9.17, 15) is 9.59 Å². The van der Waals surface area contributed by atoms with Gasteiger partial charge in [-0.25, -0.2) is 0 Å². The second-order valence-electron chi connectivity index (χ2n) is 7.55. The standard InChI is InChI=1S/C27H30N2O2/c1-3-5-11-26(30)29(25-9-7-6-8-10-25)20-21-12-14-22(15-13-21)23-16-18-24(19-17-23)27(31)28-4-2/h6-10,12-19H,3-5,11,20H2,1-2H3,(H,28,31). The number of nitrogens with zero attached hydrogens (tertiary/aromatic N) is 1. The highest BCUT2D eigenvalue weighted by Crippen LogP contribution is 2.23. The summed E-state index contributed by atoms with van der Waals surface area (Å²) in [6.45, 7) is 5.16. The monoisotopic (exact) mass is 414 g/mol. The average Bonchev–Trinajstić information content (AvgIpc) is 2.82. The van der Waals surface area contributed by atoms with Crippen LogP contribution in [-0.2, 0) is 11.3 Å². The minimum absolute atomic E-state index is 0.0573. The lowest BCUT2D eigenvalue weighted by molar-refractivity contribution is -0.118. The zero-order chi connectivity index (χ0) is 22.1. The summed E-state index contributed by atoms with van der Waals surface area (Å²) < 4.78 is 0.